The molecule has 1 aliphatic heterocycles. The van der Waals surface area contributed by atoms with Gasteiger partial charge in [0.15, 0.2) is 0 Å². The maximum atomic E-state index is 12.3. The molecule has 0 aromatic carbocycles. The summed E-state index contributed by atoms with van der Waals surface area (Å²) in [6, 6.07) is 0.0829. The Morgan fingerprint density at radius 2 is 2.22 bits per heavy atom. The molecule has 2 fully saturated rings. The van der Waals surface area contributed by atoms with E-state index >= 15 is 0 Å². The molecular formula is C13H23N3O2. The predicted molar refractivity (Wildman–Crippen MR) is 68.7 cm³/mol. The molecule has 5 nitrogen and oxygen atoms in total. The standard InChI is InChI=1S/C13H23N3O2/c1-9-5-13(6-9,8-14)12(18)15-10-3-4-11(17)16(2)7-10/h9-10H,3-8,14H2,1-2H3,(H,15,18). The SMILES string of the molecule is CC1CC(CN)(C(=O)NC2CCC(=O)N(C)C2)C1. The second-order valence-electron chi connectivity index (χ2n) is 5.98. The number of piperidine rings is 1. The zero-order valence-corrected chi connectivity index (χ0v) is 11.2. The van der Waals surface area contributed by atoms with Crippen LogP contribution in [0.25, 0.3) is 0 Å². The van der Waals surface area contributed by atoms with E-state index in [4.69, 9.17) is 5.73 Å². The van der Waals surface area contributed by atoms with Gasteiger partial charge in [0.05, 0.1) is 5.41 Å². The monoisotopic (exact) mass is 253 g/mol. The van der Waals surface area contributed by atoms with E-state index in [1.807, 2.05) is 0 Å². The lowest BCUT2D eigenvalue weighted by molar-refractivity contribution is -0.141. The lowest BCUT2D eigenvalue weighted by atomic mass is 9.62. The van der Waals surface area contributed by atoms with Gasteiger partial charge in [-0.3, -0.25) is 9.59 Å². The Kier molecular flexibility index (Phi) is 3.61. The third-order valence-electron chi connectivity index (χ3n) is 4.31. The van der Waals surface area contributed by atoms with Crippen LogP contribution >= 0.6 is 0 Å². The van der Waals surface area contributed by atoms with Gasteiger partial charge in [0, 0.05) is 32.6 Å². The molecular weight excluding hydrogens is 230 g/mol. The summed E-state index contributed by atoms with van der Waals surface area (Å²) in [6.45, 7) is 3.18. The van der Waals surface area contributed by atoms with Gasteiger partial charge >= 0.3 is 0 Å². The molecule has 0 aromatic rings. The average molecular weight is 253 g/mol. The largest absolute Gasteiger partial charge is 0.351 e. The molecule has 5 heteroatoms. The number of carbonyl (C=O) groups excluding carboxylic acids is 2. The third-order valence-corrected chi connectivity index (χ3v) is 4.31. The first kappa shape index (κ1) is 13.3. The van der Waals surface area contributed by atoms with Crippen molar-refractivity contribution in [2.75, 3.05) is 20.1 Å². The Hall–Kier alpha value is -1.10. The van der Waals surface area contributed by atoms with Gasteiger partial charge in [0.1, 0.15) is 0 Å². The van der Waals surface area contributed by atoms with Crippen molar-refractivity contribution < 1.29 is 9.59 Å². The second kappa shape index (κ2) is 4.88. The van der Waals surface area contributed by atoms with Crippen molar-refractivity contribution in [2.24, 2.45) is 17.1 Å². The van der Waals surface area contributed by atoms with Crippen LogP contribution in [0.5, 0.6) is 0 Å². The van der Waals surface area contributed by atoms with Crippen LogP contribution < -0.4 is 11.1 Å². The highest BCUT2D eigenvalue weighted by molar-refractivity contribution is 5.84. The van der Waals surface area contributed by atoms with Gasteiger partial charge < -0.3 is 16.0 Å². The minimum absolute atomic E-state index is 0.0795. The molecule has 0 aromatic heterocycles. The molecule has 102 valence electrons. The van der Waals surface area contributed by atoms with Crippen molar-refractivity contribution in [3.8, 4) is 0 Å². The van der Waals surface area contributed by atoms with Gasteiger partial charge in [-0.2, -0.15) is 0 Å². The summed E-state index contributed by atoms with van der Waals surface area (Å²) in [5.41, 5.74) is 5.41. The Morgan fingerprint density at radius 1 is 1.56 bits per heavy atom. The summed E-state index contributed by atoms with van der Waals surface area (Å²) in [5, 5.41) is 3.07. The fourth-order valence-electron chi connectivity index (χ4n) is 3.19. The highest BCUT2D eigenvalue weighted by Gasteiger charge is 2.47. The van der Waals surface area contributed by atoms with Gasteiger partial charge in [-0.05, 0) is 25.2 Å². The van der Waals surface area contributed by atoms with Crippen LogP contribution in [0.15, 0.2) is 0 Å². The van der Waals surface area contributed by atoms with E-state index in [1.165, 1.54) is 0 Å². The Morgan fingerprint density at radius 3 is 2.72 bits per heavy atom. The Labute approximate surface area is 108 Å². The van der Waals surface area contributed by atoms with E-state index in [0.29, 0.717) is 25.4 Å². The number of nitrogens with two attached hydrogens (primary N) is 1. The first-order valence-electron chi connectivity index (χ1n) is 6.72. The summed E-state index contributed by atoms with van der Waals surface area (Å²) in [7, 11) is 1.78. The fourth-order valence-corrected chi connectivity index (χ4v) is 3.19. The van der Waals surface area contributed by atoms with Crippen molar-refractivity contribution in [1.29, 1.82) is 0 Å². The number of amides is 2. The molecule has 0 bridgehead atoms. The van der Waals surface area contributed by atoms with E-state index in [1.54, 1.807) is 11.9 Å². The maximum Gasteiger partial charge on any atom is 0.227 e. The van der Waals surface area contributed by atoms with Gasteiger partial charge in [0.2, 0.25) is 11.8 Å². The van der Waals surface area contributed by atoms with E-state index in [-0.39, 0.29) is 23.3 Å². The summed E-state index contributed by atoms with van der Waals surface area (Å²) in [6.07, 6.45) is 3.03. The first-order chi connectivity index (χ1) is 8.47. The molecule has 1 unspecified atom stereocenters. The molecule has 2 rings (SSSR count). The quantitative estimate of drug-likeness (QED) is 0.749. The first-order valence-corrected chi connectivity index (χ1v) is 6.72. The Bertz CT molecular complexity index is 350. The molecule has 18 heavy (non-hydrogen) atoms. The molecule has 2 aliphatic rings. The topological polar surface area (TPSA) is 75.4 Å². The molecule has 1 heterocycles. The van der Waals surface area contributed by atoms with Crippen LogP contribution in [0.1, 0.15) is 32.6 Å². The molecule has 3 N–H and O–H groups in total. The lowest BCUT2D eigenvalue weighted by Crippen LogP contribution is -2.58. The van der Waals surface area contributed by atoms with Crippen LogP contribution in [0, 0.1) is 11.3 Å². The molecule has 1 aliphatic carbocycles. The minimum atomic E-state index is -0.348. The van der Waals surface area contributed by atoms with Crippen LogP contribution in [-0.4, -0.2) is 42.9 Å². The molecule has 1 atom stereocenters. The third kappa shape index (κ3) is 2.36. The number of hydrogen-bond donors (Lipinski definition) is 2. The number of nitrogens with zero attached hydrogens (tertiary/aromatic N) is 1. The second-order valence-corrected chi connectivity index (χ2v) is 5.98. The summed E-state index contributed by atoms with van der Waals surface area (Å²) < 4.78 is 0. The van der Waals surface area contributed by atoms with Crippen molar-refractivity contribution in [3.05, 3.63) is 0 Å². The number of likely N-dealkylation sites (tertiary alicyclic amines) is 1. The molecule has 1 saturated carbocycles. The van der Waals surface area contributed by atoms with Crippen molar-refractivity contribution in [3.63, 3.8) is 0 Å². The summed E-state index contributed by atoms with van der Waals surface area (Å²) in [5.74, 6) is 0.831. The Balaban J connectivity index is 1.90. The van der Waals surface area contributed by atoms with Gasteiger partial charge in [-0.1, -0.05) is 6.92 Å². The van der Waals surface area contributed by atoms with E-state index in [2.05, 4.69) is 12.2 Å². The minimum Gasteiger partial charge on any atom is -0.351 e. The van der Waals surface area contributed by atoms with Crippen LogP contribution in [0.3, 0.4) is 0 Å². The maximum absolute atomic E-state index is 12.3. The number of hydrogen-bond acceptors (Lipinski definition) is 3. The highest BCUT2D eigenvalue weighted by Crippen LogP contribution is 2.44. The summed E-state index contributed by atoms with van der Waals surface area (Å²) >= 11 is 0. The molecule has 1 saturated heterocycles. The molecule has 0 spiro atoms. The van der Waals surface area contributed by atoms with Crippen molar-refractivity contribution >= 4 is 11.8 Å². The number of rotatable bonds is 3. The predicted octanol–water partition coefficient (Wildman–Crippen LogP) is 0.0984. The van der Waals surface area contributed by atoms with Crippen LogP contribution in [0.2, 0.25) is 0 Å². The number of carbonyl (C=O) groups is 2. The van der Waals surface area contributed by atoms with E-state index in [9.17, 15) is 9.59 Å². The lowest BCUT2D eigenvalue weighted by Gasteiger charge is -2.45. The number of nitrogens with one attached hydrogen (secondary N) is 1. The van der Waals surface area contributed by atoms with Gasteiger partial charge in [-0.25, -0.2) is 0 Å². The fraction of sp³-hybridized carbons (Fsp3) is 0.846. The van der Waals surface area contributed by atoms with Crippen molar-refractivity contribution in [1.82, 2.24) is 10.2 Å². The van der Waals surface area contributed by atoms with Crippen LogP contribution in [-0.2, 0) is 9.59 Å². The smallest absolute Gasteiger partial charge is 0.227 e. The van der Waals surface area contributed by atoms with Crippen LogP contribution in [0.4, 0.5) is 0 Å². The zero-order valence-electron chi connectivity index (χ0n) is 11.2. The van der Waals surface area contributed by atoms with Gasteiger partial charge in [-0.15, -0.1) is 0 Å². The van der Waals surface area contributed by atoms with E-state index < -0.39 is 0 Å². The van der Waals surface area contributed by atoms with E-state index in [0.717, 1.165) is 19.3 Å². The normalized spacial score (nSPS) is 36.2. The van der Waals surface area contributed by atoms with Crippen molar-refractivity contribution in [2.45, 2.75) is 38.6 Å². The van der Waals surface area contributed by atoms with Gasteiger partial charge in [0.25, 0.3) is 0 Å². The highest BCUT2D eigenvalue weighted by atomic mass is 16.2. The molecule has 0 radical (unpaired) electrons. The number of likely N-dealkylation sites (N-methyl/N-ethyl adjacent to an activating group) is 1. The molecule has 2 amide bonds. The average Bonchev–Trinajstić information content (AvgIpc) is 2.29. The zero-order chi connectivity index (χ0) is 13.3. The summed E-state index contributed by atoms with van der Waals surface area (Å²) in [4.78, 5) is 25.4.